The third kappa shape index (κ3) is 3.22. The molecule has 0 spiro atoms. The van der Waals surface area contributed by atoms with Crippen LogP contribution in [0.4, 0.5) is 5.69 Å². The summed E-state index contributed by atoms with van der Waals surface area (Å²) in [6, 6.07) is 2.54. The van der Waals surface area contributed by atoms with Gasteiger partial charge in [-0.3, -0.25) is 14.9 Å². The van der Waals surface area contributed by atoms with Crippen LogP contribution in [0.1, 0.15) is 13.8 Å². The quantitative estimate of drug-likeness (QED) is 0.507. The summed E-state index contributed by atoms with van der Waals surface area (Å²) in [4.78, 5) is 20.4. The minimum atomic E-state index is -4.20. The van der Waals surface area contributed by atoms with Crippen molar-refractivity contribution in [2.45, 2.75) is 24.3 Å². The minimum Gasteiger partial charge on any atom is -0.502 e. The largest absolute Gasteiger partial charge is 0.502 e. The highest BCUT2D eigenvalue weighted by Crippen LogP contribution is 2.28. The fraction of sp³-hybridized carbons (Fsp3) is 0.300. The van der Waals surface area contributed by atoms with E-state index in [9.17, 15) is 28.4 Å². The van der Waals surface area contributed by atoms with Gasteiger partial charge in [0.15, 0.2) is 5.75 Å². The predicted octanol–water partition coefficient (Wildman–Crippen LogP) is -0.157. The number of nitro benzene ring substituents is 1. The van der Waals surface area contributed by atoms with Crippen LogP contribution in [-0.2, 0) is 14.8 Å². The van der Waals surface area contributed by atoms with Gasteiger partial charge in [0.2, 0.25) is 15.9 Å². The van der Waals surface area contributed by atoms with Crippen LogP contribution in [0.25, 0.3) is 0 Å². The average Bonchev–Trinajstić information content (AvgIpc) is 2.27. The number of amides is 1. The molecule has 0 aliphatic heterocycles. The molecule has 0 bridgehead atoms. The number of phenolic OH excluding ortho intramolecular Hbond substituents is 1. The summed E-state index contributed by atoms with van der Waals surface area (Å²) in [5.41, 5.74) is 2.72. The molecule has 0 radical (unpaired) electrons. The number of hydrogen-bond acceptors (Lipinski definition) is 6. The van der Waals surface area contributed by atoms with Crippen LogP contribution >= 0.6 is 0 Å². The molecule has 0 aliphatic rings. The van der Waals surface area contributed by atoms with Gasteiger partial charge in [0.25, 0.3) is 0 Å². The number of carbonyl (C=O) groups excluding carboxylic acids is 1. The molecular weight excluding hydrogens is 290 g/mol. The van der Waals surface area contributed by atoms with E-state index in [0.29, 0.717) is 6.07 Å². The van der Waals surface area contributed by atoms with Crippen LogP contribution in [0.2, 0.25) is 0 Å². The van der Waals surface area contributed by atoms with Crippen LogP contribution in [0, 0.1) is 10.1 Å². The van der Waals surface area contributed by atoms with E-state index in [2.05, 4.69) is 0 Å². The molecular formula is C10H13N3O6S. The zero-order valence-corrected chi connectivity index (χ0v) is 11.5. The second-order valence-electron chi connectivity index (χ2n) is 4.50. The molecule has 0 unspecified atom stereocenters. The van der Waals surface area contributed by atoms with Crippen LogP contribution < -0.4 is 10.5 Å². The Hall–Kier alpha value is -2.20. The summed E-state index contributed by atoms with van der Waals surface area (Å²) in [7, 11) is -4.20. The van der Waals surface area contributed by atoms with E-state index in [4.69, 9.17) is 5.73 Å². The summed E-state index contributed by atoms with van der Waals surface area (Å²) in [5, 5.41) is 19.9. The van der Waals surface area contributed by atoms with Crippen molar-refractivity contribution in [2.75, 3.05) is 0 Å². The van der Waals surface area contributed by atoms with Crippen molar-refractivity contribution in [2.24, 2.45) is 5.73 Å². The topological polar surface area (TPSA) is 153 Å². The molecule has 0 saturated carbocycles. The van der Waals surface area contributed by atoms with Gasteiger partial charge >= 0.3 is 5.69 Å². The third-order valence-corrected chi connectivity index (χ3v) is 4.11. The molecule has 0 heterocycles. The molecule has 1 rings (SSSR count). The molecule has 20 heavy (non-hydrogen) atoms. The first-order valence-corrected chi connectivity index (χ1v) is 6.77. The molecule has 1 aromatic carbocycles. The zero-order valence-electron chi connectivity index (χ0n) is 10.7. The van der Waals surface area contributed by atoms with Crippen LogP contribution in [0.15, 0.2) is 23.1 Å². The van der Waals surface area contributed by atoms with E-state index >= 15 is 0 Å². The van der Waals surface area contributed by atoms with Gasteiger partial charge < -0.3 is 10.8 Å². The van der Waals surface area contributed by atoms with Gasteiger partial charge in [0.05, 0.1) is 9.82 Å². The van der Waals surface area contributed by atoms with Gasteiger partial charge in [-0.25, -0.2) is 8.42 Å². The number of sulfonamides is 1. The molecule has 0 aromatic heterocycles. The Morgan fingerprint density at radius 1 is 1.45 bits per heavy atom. The first kappa shape index (κ1) is 15.9. The lowest BCUT2D eigenvalue weighted by Gasteiger charge is -2.21. The highest BCUT2D eigenvalue weighted by atomic mass is 32.2. The number of carbonyl (C=O) groups is 1. The fourth-order valence-electron chi connectivity index (χ4n) is 1.26. The highest BCUT2D eigenvalue weighted by molar-refractivity contribution is 7.89. The number of rotatable bonds is 5. The van der Waals surface area contributed by atoms with Crippen molar-refractivity contribution < 1.29 is 23.2 Å². The maximum absolute atomic E-state index is 12.0. The molecule has 4 N–H and O–H groups in total. The number of primary amides is 1. The van der Waals surface area contributed by atoms with E-state index in [1.165, 1.54) is 13.8 Å². The lowest BCUT2D eigenvalue weighted by atomic mass is 10.1. The molecule has 0 aliphatic carbocycles. The number of aromatic hydroxyl groups is 1. The van der Waals surface area contributed by atoms with E-state index in [1.54, 1.807) is 0 Å². The molecule has 0 atom stereocenters. The summed E-state index contributed by atoms with van der Waals surface area (Å²) in [6.07, 6.45) is 0. The Morgan fingerprint density at radius 3 is 2.45 bits per heavy atom. The molecule has 0 fully saturated rings. The molecule has 110 valence electrons. The summed E-state index contributed by atoms with van der Waals surface area (Å²) >= 11 is 0. The van der Waals surface area contributed by atoms with E-state index in [0.717, 1.165) is 12.1 Å². The second-order valence-corrected chi connectivity index (χ2v) is 6.18. The van der Waals surface area contributed by atoms with Gasteiger partial charge in [-0.15, -0.1) is 0 Å². The zero-order chi connectivity index (χ0) is 15.7. The average molecular weight is 303 g/mol. The first-order valence-electron chi connectivity index (χ1n) is 5.28. The van der Waals surface area contributed by atoms with Crippen LogP contribution in [0.3, 0.4) is 0 Å². The summed E-state index contributed by atoms with van der Waals surface area (Å²) < 4.78 is 26.1. The van der Waals surface area contributed by atoms with E-state index in [-0.39, 0.29) is 0 Å². The van der Waals surface area contributed by atoms with Crippen molar-refractivity contribution in [3.63, 3.8) is 0 Å². The van der Waals surface area contributed by atoms with Gasteiger partial charge in [0, 0.05) is 6.07 Å². The number of nitrogens with two attached hydrogens (primary N) is 1. The number of nitrogens with one attached hydrogen (secondary N) is 1. The SMILES string of the molecule is CC(C)(NS(=O)(=O)c1ccc(O)c([N+](=O)[O-])c1)C(N)=O. The molecule has 10 heteroatoms. The Bertz CT molecular complexity index is 668. The number of hydrogen-bond donors (Lipinski definition) is 3. The van der Waals surface area contributed by atoms with Crippen LogP contribution in [-0.4, -0.2) is 29.9 Å². The lowest BCUT2D eigenvalue weighted by molar-refractivity contribution is -0.386. The number of nitrogens with zero attached hydrogens (tertiary/aromatic N) is 1. The highest BCUT2D eigenvalue weighted by Gasteiger charge is 2.32. The molecule has 0 saturated heterocycles. The van der Waals surface area contributed by atoms with Crippen molar-refractivity contribution in [1.29, 1.82) is 0 Å². The van der Waals surface area contributed by atoms with Crippen LogP contribution in [0.5, 0.6) is 5.75 Å². The van der Waals surface area contributed by atoms with Gasteiger partial charge in [-0.05, 0) is 26.0 Å². The molecule has 9 nitrogen and oxygen atoms in total. The first-order chi connectivity index (χ1) is 8.97. The maximum Gasteiger partial charge on any atom is 0.312 e. The summed E-state index contributed by atoms with van der Waals surface area (Å²) in [6.45, 7) is 2.50. The molecule has 1 amide bonds. The second kappa shape index (κ2) is 5.06. The number of benzene rings is 1. The normalized spacial score (nSPS) is 12.1. The minimum absolute atomic E-state index is 0.462. The number of phenols is 1. The van der Waals surface area contributed by atoms with Gasteiger partial charge in [0.1, 0.15) is 5.54 Å². The lowest BCUT2D eigenvalue weighted by Crippen LogP contribution is -2.52. The molecule has 1 aromatic rings. The van der Waals surface area contributed by atoms with E-state index < -0.39 is 42.7 Å². The number of nitro groups is 1. The van der Waals surface area contributed by atoms with Crippen molar-refractivity contribution in [3.05, 3.63) is 28.3 Å². The van der Waals surface area contributed by atoms with Gasteiger partial charge in [-0.1, -0.05) is 0 Å². The Balaban J connectivity index is 3.27. The summed E-state index contributed by atoms with van der Waals surface area (Å²) in [5.74, 6) is -1.57. The predicted molar refractivity (Wildman–Crippen MR) is 68.4 cm³/mol. The Morgan fingerprint density at radius 2 is 2.00 bits per heavy atom. The van der Waals surface area contributed by atoms with Crippen molar-refractivity contribution in [1.82, 2.24) is 4.72 Å². The van der Waals surface area contributed by atoms with Crippen molar-refractivity contribution in [3.8, 4) is 5.75 Å². The van der Waals surface area contributed by atoms with E-state index in [1.807, 2.05) is 4.72 Å². The fourth-order valence-corrected chi connectivity index (χ4v) is 2.67. The van der Waals surface area contributed by atoms with Gasteiger partial charge in [-0.2, -0.15) is 4.72 Å². The third-order valence-electron chi connectivity index (χ3n) is 2.46. The smallest absolute Gasteiger partial charge is 0.312 e. The maximum atomic E-state index is 12.0. The Labute approximate surface area is 114 Å². The standard InChI is InChI=1S/C10H13N3O6S/c1-10(2,9(11)15)12-20(18,19)6-3-4-8(14)7(5-6)13(16)17/h3-5,12,14H,1-2H3,(H2,11,15). The van der Waals surface area contributed by atoms with Crippen molar-refractivity contribution >= 4 is 21.6 Å². The Kier molecular flexibility index (Phi) is 4.01. The monoisotopic (exact) mass is 303 g/mol.